The largest absolute Gasteiger partial charge is 0.454 e. The number of nitrogens with zero attached hydrogens (tertiary/aromatic N) is 4. The van der Waals surface area contributed by atoms with Crippen molar-refractivity contribution in [3.05, 3.63) is 135 Å². The van der Waals surface area contributed by atoms with E-state index >= 15 is 0 Å². The summed E-state index contributed by atoms with van der Waals surface area (Å²) in [6, 6.07) is 36.3. The monoisotopic (exact) mass is 726 g/mol. The molecular weight excluding hydrogens is 688 g/mol. The molecule has 7 nitrogen and oxygen atoms in total. The SMILES string of the molecule is CN1CCC(O)(c2cc(Br)cc3cc(Cc4ccccc4)c(N4CCN(Cc5ccc6c(c5)OCO6)CC4)nc23)c2cccc3ccc1cc23. The van der Waals surface area contributed by atoms with Crippen LogP contribution in [0.5, 0.6) is 11.5 Å². The number of piperazine rings is 1. The molecule has 8 heteroatoms. The molecule has 0 aliphatic carbocycles. The van der Waals surface area contributed by atoms with E-state index in [-0.39, 0.29) is 6.79 Å². The highest BCUT2D eigenvalue weighted by Crippen LogP contribution is 2.44. The first-order valence-corrected chi connectivity index (χ1v) is 18.2. The third-order valence-corrected chi connectivity index (χ3v) is 11.2. The van der Waals surface area contributed by atoms with E-state index in [0.29, 0.717) is 13.0 Å². The lowest BCUT2D eigenvalue weighted by molar-refractivity contribution is 0.0759. The molecular formula is C42H39BrN4O3. The van der Waals surface area contributed by atoms with Crippen molar-refractivity contribution >= 4 is 49.1 Å². The van der Waals surface area contributed by atoms with Crippen LogP contribution in [0, 0.1) is 0 Å². The highest BCUT2D eigenvalue weighted by atomic mass is 79.9. The van der Waals surface area contributed by atoms with Crippen LogP contribution >= 0.6 is 15.9 Å². The topological polar surface area (TPSA) is 61.3 Å². The van der Waals surface area contributed by atoms with Crippen LogP contribution in [0.1, 0.15) is 34.2 Å². The van der Waals surface area contributed by atoms with Crippen LogP contribution < -0.4 is 19.3 Å². The van der Waals surface area contributed by atoms with Crippen molar-refractivity contribution in [3.8, 4) is 11.5 Å². The highest BCUT2D eigenvalue weighted by molar-refractivity contribution is 9.10. The summed E-state index contributed by atoms with van der Waals surface area (Å²) in [6.45, 7) is 5.41. The maximum absolute atomic E-state index is 13.0. The number of halogens is 1. The molecule has 1 fully saturated rings. The van der Waals surface area contributed by atoms with Gasteiger partial charge in [0.2, 0.25) is 6.79 Å². The van der Waals surface area contributed by atoms with Gasteiger partial charge in [-0.25, -0.2) is 4.98 Å². The van der Waals surface area contributed by atoms with Crippen molar-refractivity contribution in [2.24, 2.45) is 0 Å². The minimum absolute atomic E-state index is 0.289. The predicted molar refractivity (Wildman–Crippen MR) is 204 cm³/mol. The van der Waals surface area contributed by atoms with Gasteiger partial charge in [-0.05, 0) is 75.5 Å². The molecule has 1 unspecified atom stereocenters. The number of aromatic nitrogens is 1. The molecule has 2 bridgehead atoms. The van der Waals surface area contributed by atoms with Gasteiger partial charge in [0, 0.05) is 80.3 Å². The lowest BCUT2D eigenvalue weighted by atomic mass is 9.79. The van der Waals surface area contributed by atoms with Crippen LogP contribution in [0.15, 0.2) is 108 Å². The van der Waals surface area contributed by atoms with Gasteiger partial charge in [0.1, 0.15) is 11.4 Å². The van der Waals surface area contributed by atoms with Gasteiger partial charge in [-0.2, -0.15) is 0 Å². The lowest BCUT2D eigenvalue weighted by Crippen LogP contribution is -2.46. The zero-order valence-corrected chi connectivity index (χ0v) is 29.7. The average Bonchev–Trinajstić information content (AvgIpc) is 3.61. The van der Waals surface area contributed by atoms with Gasteiger partial charge in [-0.15, -0.1) is 0 Å². The van der Waals surface area contributed by atoms with Crippen molar-refractivity contribution in [1.82, 2.24) is 9.88 Å². The summed E-state index contributed by atoms with van der Waals surface area (Å²) >= 11 is 3.83. The summed E-state index contributed by atoms with van der Waals surface area (Å²) in [7, 11) is 2.10. The molecule has 0 radical (unpaired) electrons. The Kier molecular flexibility index (Phi) is 7.91. The highest BCUT2D eigenvalue weighted by Gasteiger charge is 2.37. The molecule has 50 heavy (non-hydrogen) atoms. The van der Waals surface area contributed by atoms with E-state index in [4.69, 9.17) is 14.5 Å². The Bertz CT molecular complexity index is 2240. The standard InChI is InChI=1S/C42H39BrN4O3/c1-45-15-14-42(48,36-9-5-8-30-11-12-34(45)25-35(30)36)37-24-33(43)23-31-22-32(20-28-6-3-2-4-7-28)41(44-40(31)37)47-18-16-46(17-19-47)26-29-10-13-38-39(21-29)50-27-49-38/h2-13,21-25,48H,14-20,26-27H2,1H3. The fourth-order valence-electron chi connectivity index (χ4n) is 7.97. The number of ether oxygens (including phenoxy) is 2. The van der Waals surface area contributed by atoms with Crippen LogP contribution in [0.25, 0.3) is 21.7 Å². The number of aliphatic hydroxyl groups is 1. The van der Waals surface area contributed by atoms with Crippen molar-refractivity contribution in [2.45, 2.75) is 25.0 Å². The van der Waals surface area contributed by atoms with Crippen molar-refractivity contribution in [1.29, 1.82) is 0 Å². The molecule has 252 valence electrons. The van der Waals surface area contributed by atoms with Crippen molar-refractivity contribution in [2.75, 3.05) is 56.4 Å². The predicted octanol–water partition coefficient (Wildman–Crippen LogP) is 7.87. The second-order valence-corrected chi connectivity index (χ2v) is 14.8. The maximum Gasteiger partial charge on any atom is 0.231 e. The second kappa shape index (κ2) is 12.6. The third-order valence-electron chi connectivity index (χ3n) is 10.7. The van der Waals surface area contributed by atoms with Crippen LogP contribution in [-0.4, -0.2) is 61.6 Å². The Labute approximate surface area is 300 Å². The first-order chi connectivity index (χ1) is 24.4. The van der Waals surface area contributed by atoms with Crippen molar-refractivity contribution < 1.29 is 14.6 Å². The van der Waals surface area contributed by atoms with Crippen LogP contribution in [0.3, 0.4) is 0 Å². The Balaban J connectivity index is 1.12. The lowest BCUT2D eigenvalue weighted by Gasteiger charge is -2.37. The van der Waals surface area contributed by atoms with E-state index in [1.54, 1.807) is 0 Å². The second-order valence-electron chi connectivity index (χ2n) is 13.9. The Morgan fingerprint density at radius 2 is 1.60 bits per heavy atom. The minimum atomic E-state index is -1.25. The summed E-state index contributed by atoms with van der Waals surface area (Å²) in [6.07, 6.45) is 1.32. The van der Waals surface area contributed by atoms with E-state index in [0.717, 1.165) is 99.4 Å². The molecule has 1 N–H and O–H groups in total. The molecule has 0 amide bonds. The Morgan fingerprint density at radius 3 is 2.46 bits per heavy atom. The molecule has 3 aliphatic rings. The molecule has 4 heterocycles. The summed E-state index contributed by atoms with van der Waals surface area (Å²) in [4.78, 5) is 12.7. The number of anilines is 2. The first-order valence-electron chi connectivity index (χ1n) is 17.4. The first kappa shape index (κ1) is 31.4. The molecule has 3 aliphatic heterocycles. The normalized spacial score (nSPS) is 18.9. The number of pyridine rings is 1. The molecule has 1 saturated heterocycles. The van der Waals surface area contributed by atoms with Gasteiger partial charge in [0.05, 0.1) is 5.52 Å². The van der Waals surface area contributed by atoms with E-state index < -0.39 is 5.60 Å². The number of hydrogen-bond acceptors (Lipinski definition) is 7. The average molecular weight is 728 g/mol. The zero-order chi connectivity index (χ0) is 33.8. The molecule has 9 rings (SSSR count). The van der Waals surface area contributed by atoms with E-state index in [9.17, 15) is 5.11 Å². The van der Waals surface area contributed by atoms with Gasteiger partial charge < -0.3 is 24.4 Å². The summed E-state index contributed by atoms with van der Waals surface area (Å²) in [5.74, 6) is 2.65. The molecule has 0 saturated carbocycles. The number of benzene rings is 5. The molecule has 1 atom stereocenters. The van der Waals surface area contributed by atoms with Gasteiger partial charge >= 0.3 is 0 Å². The van der Waals surface area contributed by atoms with Gasteiger partial charge in [0.25, 0.3) is 0 Å². The van der Waals surface area contributed by atoms with E-state index in [1.807, 2.05) is 6.07 Å². The van der Waals surface area contributed by atoms with Gasteiger partial charge in [-0.1, -0.05) is 76.6 Å². The molecule has 1 aromatic heterocycles. The maximum atomic E-state index is 13.0. The zero-order valence-electron chi connectivity index (χ0n) is 28.1. The number of rotatable bonds is 6. The quantitative estimate of drug-likeness (QED) is 0.188. The summed E-state index contributed by atoms with van der Waals surface area (Å²) in [5, 5.41) is 16.3. The van der Waals surface area contributed by atoms with Crippen LogP contribution in [0.4, 0.5) is 11.5 Å². The Morgan fingerprint density at radius 1 is 0.760 bits per heavy atom. The molecule has 5 aromatic carbocycles. The van der Waals surface area contributed by atoms with E-state index in [1.165, 1.54) is 16.7 Å². The Hall–Kier alpha value is -4.63. The fourth-order valence-corrected chi connectivity index (χ4v) is 8.44. The molecule has 0 spiro atoms. The van der Waals surface area contributed by atoms with Gasteiger partial charge in [-0.3, -0.25) is 4.90 Å². The summed E-state index contributed by atoms with van der Waals surface area (Å²) in [5.41, 5.74) is 6.20. The van der Waals surface area contributed by atoms with Crippen LogP contribution in [-0.2, 0) is 18.6 Å². The fraction of sp³-hybridized carbons (Fsp3) is 0.262. The molecule has 6 aromatic rings. The van der Waals surface area contributed by atoms with Gasteiger partial charge in [0.15, 0.2) is 11.5 Å². The minimum Gasteiger partial charge on any atom is -0.454 e. The smallest absolute Gasteiger partial charge is 0.231 e. The summed E-state index contributed by atoms with van der Waals surface area (Å²) < 4.78 is 12.1. The third kappa shape index (κ3) is 5.65. The van der Waals surface area contributed by atoms with Crippen molar-refractivity contribution in [3.63, 3.8) is 0 Å². The number of fused-ring (bicyclic) bond motifs is 3. The number of hydrogen-bond donors (Lipinski definition) is 1. The van der Waals surface area contributed by atoms with Crippen LogP contribution in [0.2, 0.25) is 0 Å². The van der Waals surface area contributed by atoms with E-state index in [2.05, 4.69) is 135 Å².